The number of nitrogens with zero attached hydrogens (tertiary/aromatic N) is 4. The Hall–Kier alpha value is -5.05. The van der Waals surface area contributed by atoms with Crippen molar-refractivity contribution in [2.75, 3.05) is 11.1 Å². The number of anilines is 2. The molecular formula is C28H23N7O3S. The molecule has 2 heterocycles. The third-order valence-corrected chi connectivity index (χ3v) is 7.18. The van der Waals surface area contributed by atoms with Gasteiger partial charge in [0.25, 0.3) is 5.56 Å². The number of primary sulfonamides is 1. The van der Waals surface area contributed by atoms with E-state index < -0.39 is 16.1 Å². The molecule has 0 bridgehead atoms. The summed E-state index contributed by atoms with van der Waals surface area (Å²) in [5, 5.41) is 9.63. The fraction of sp³-hybridized carbons (Fsp3) is 0.0714. The number of para-hydroxylation sites is 1. The Morgan fingerprint density at radius 2 is 1.77 bits per heavy atom. The smallest absolute Gasteiger partial charge is 0.263 e. The zero-order chi connectivity index (χ0) is 27.7. The Bertz CT molecular complexity index is 1930. The SMILES string of the molecule is [C-]#[N+]c1cnc(N)nc1N[C@@H](C)c1cc2cccc(-c3cccc(S(N)(=O)=O)c3)c2c(=O)n1-c1ccccc1. The summed E-state index contributed by atoms with van der Waals surface area (Å²) in [7, 11) is -3.94. The summed E-state index contributed by atoms with van der Waals surface area (Å²) in [6.07, 6.45) is 1.34. The monoisotopic (exact) mass is 537 g/mol. The lowest BCUT2D eigenvalue weighted by atomic mass is 9.98. The van der Waals surface area contributed by atoms with E-state index in [4.69, 9.17) is 17.4 Å². The van der Waals surface area contributed by atoms with Gasteiger partial charge >= 0.3 is 0 Å². The normalized spacial score (nSPS) is 12.1. The van der Waals surface area contributed by atoms with Crippen molar-refractivity contribution in [1.29, 1.82) is 0 Å². The second kappa shape index (κ2) is 10.0. The first-order valence-corrected chi connectivity index (χ1v) is 13.4. The molecule has 0 unspecified atom stereocenters. The van der Waals surface area contributed by atoms with E-state index in [-0.39, 0.29) is 27.9 Å². The molecule has 0 aliphatic carbocycles. The average Bonchev–Trinajstić information content (AvgIpc) is 2.93. The second-order valence-electron chi connectivity index (χ2n) is 8.83. The van der Waals surface area contributed by atoms with Crippen LogP contribution in [0, 0.1) is 6.57 Å². The van der Waals surface area contributed by atoms with Gasteiger partial charge in [0, 0.05) is 17.6 Å². The predicted molar refractivity (Wildman–Crippen MR) is 151 cm³/mol. The molecule has 5 N–H and O–H groups in total. The molecule has 0 fully saturated rings. The topological polar surface area (TPSA) is 150 Å². The first-order chi connectivity index (χ1) is 18.7. The molecule has 2 aromatic heterocycles. The molecule has 194 valence electrons. The van der Waals surface area contributed by atoms with Crippen LogP contribution in [0.25, 0.3) is 32.4 Å². The number of hydrogen-bond acceptors (Lipinski definition) is 7. The van der Waals surface area contributed by atoms with E-state index in [9.17, 15) is 13.2 Å². The Morgan fingerprint density at radius 1 is 1.03 bits per heavy atom. The first kappa shape index (κ1) is 25.6. The highest BCUT2D eigenvalue weighted by Gasteiger charge is 2.20. The van der Waals surface area contributed by atoms with Crippen LogP contribution in [-0.4, -0.2) is 23.0 Å². The largest absolute Gasteiger partial charge is 0.371 e. The fourth-order valence-electron chi connectivity index (χ4n) is 4.48. The van der Waals surface area contributed by atoms with Crippen molar-refractivity contribution >= 4 is 38.2 Å². The maximum Gasteiger partial charge on any atom is 0.263 e. The maximum absolute atomic E-state index is 14.3. The minimum Gasteiger partial charge on any atom is -0.371 e. The second-order valence-corrected chi connectivity index (χ2v) is 10.4. The third kappa shape index (κ3) is 4.94. The lowest BCUT2D eigenvalue weighted by molar-refractivity contribution is 0.598. The Labute approximate surface area is 224 Å². The molecule has 0 radical (unpaired) electrons. The average molecular weight is 538 g/mol. The van der Waals surface area contributed by atoms with Gasteiger partial charge in [-0.05, 0) is 53.8 Å². The van der Waals surface area contributed by atoms with Crippen LogP contribution in [0.1, 0.15) is 18.7 Å². The predicted octanol–water partition coefficient (Wildman–Crippen LogP) is 4.40. The van der Waals surface area contributed by atoms with Crippen molar-refractivity contribution in [3.05, 3.63) is 113 Å². The van der Waals surface area contributed by atoms with Crippen molar-refractivity contribution in [1.82, 2.24) is 14.5 Å². The molecule has 10 nitrogen and oxygen atoms in total. The van der Waals surface area contributed by atoms with Gasteiger partial charge in [-0.2, -0.15) is 0 Å². The van der Waals surface area contributed by atoms with Gasteiger partial charge in [-0.15, -0.1) is 0 Å². The van der Waals surface area contributed by atoms with Gasteiger partial charge in [-0.3, -0.25) is 9.36 Å². The minimum absolute atomic E-state index is 0.0161. The van der Waals surface area contributed by atoms with Crippen LogP contribution in [0.3, 0.4) is 0 Å². The molecule has 5 aromatic rings. The van der Waals surface area contributed by atoms with Crippen LogP contribution in [0.2, 0.25) is 0 Å². The third-order valence-electron chi connectivity index (χ3n) is 6.27. The molecule has 0 aliphatic heterocycles. The number of fused-ring (bicyclic) bond motifs is 1. The van der Waals surface area contributed by atoms with E-state index in [1.165, 1.54) is 18.3 Å². The zero-order valence-electron chi connectivity index (χ0n) is 20.7. The Morgan fingerprint density at radius 3 is 2.49 bits per heavy atom. The first-order valence-electron chi connectivity index (χ1n) is 11.8. The molecule has 0 saturated carbocycles. The number of pyridine rings is 1. The number of rotatable bonds is 6. The molecule has 39 heavy (non-hydrogen) atoms. The van der Waals surface area contributed by atoms with E-state index in [1.807, 2.05) is 49.4 Å². The van der Waals surface area contributed by atoms with Crippen LogP contribution in [0.5, 0.6) is 0 Å². The van der Waals surface area contributed by atoms with Gasteiger partial charge in [0.05, 0.1) is 22.9 Å². The van der Waals surface area contributed by atoms with E-state index >= 15 is 0 Å². The summed E-state index contributed by atoms with van der Waals surface area (Å²) in [4.78, 5) is 25.7. The number of benzene rings is 3. The summed E-state index contributed by atoms with van der Waals surface area (Å²) < 4.78 is 25.6. The lowest BCUT2D eigenvalue weighted by Gasteiger charge is -2.22. The van der Waals surface area contributed by atoms with Crippen LogP contribution in [-0.2, 0) is 10.0 Å². The van der Waals surface area contributed by atoms with Gasteiger partial charge in [-0.1, -0.05) is 48.5 Å². The number of nitrogens with two attached hydrogens (primary N) is 2. The van der Waals surface area contributed by atoms with Crippen LogP contribution >= 0.6 is 0 Å². The van der Waals surface area contributed by atoms with Crippen molar-refractivity contribution in [3.63, 3.8) is 0 Å². The maximum atomic E-state index is 14.3. The summed E-state index contributed by atoms with van der Waals surface area (Å²) in [6.45, 7) is 9.30. The standard InChI is InChI=1S/C28H23N7O3S/c1-17(33-26-23(31-2)16-32-28(29)34-26)24-15-19-9-7-13-22(18-8-6-12-21(14-18)39(30,37)38)25(19)27(36)35(24)20-10-4-3-5-11-20/h3-17H,1H3,(H2,30,37,38)(H3,29,32,33,34)/t17-/m0/s1. The quantitative estimate of drug-likeness (QED) is 0.272. The van der Waals surface area contributed by atoms with Crippen molar-refractivity contribution in [2.24, 2.45) is 5.14 Å². The number of hydrogen-bond donors (Lipinski definition) is 3. The molecule has 0 aliphatic rings. The summed E-state index contributed by atoms with van der Waals surface area (Å²) in [6, 6.07) is 22.2. The highest BCUT2D eigenvalue weighted by Crippen LogP contribution is 2.32. The van der Waals surface area contributed by atoms with Crippen molar-refractivity contribution in [2.45, 2.75) is 17.9 Å². The van der Waals surface area contributed by atoms with Crippen LogP contribution in [0.4, 0.5) is 17.5 Å². The molecule has 0 saturated heterocycles. The van der Waals surface area contributed by atoms with Crippen molar-refractivity contribution < 1.29 is 8.42 Å². The molecule has 1 atom stereocenters. The van der Waals surface area contributed by atoms with E-state index in [0.29, 0.717) is 33.3 Å². The van der Waals surface area contributed by atoms with E-state index in [2.05, 4.69) is 20.1 Å². The molecule has 11 heteroatoms. The highest BCUT2D eigenvalue weighted by molar-refractivity contribution is 7.89. The molecule has 0 spiro atoms. The Balaban J connectivity index is 1.76. The minimum atomic E-state index is -3.94. The van der Waals surface area contributed by atoms with Gasteiger partial charge < -0.3 is 11.1 Å². The van der Waals surface area contributed by atoms with Gasteiger partial charge in [0.1, 0.15) is 5.82 Å². The Kier molecular flexibility index (Phi) is 6.57. The number of nitrogens with one attached hydrogen (secondary N) is 1. The van der Waals surface area contributed by atoms with E-state index in [1.54, 1.807) is 28.8 Å². The summed E-state index contributed by atoms with van der Waals surface area (Å²) in [5.74, 6) is 0.271. The zero-order valence-corrected chi connectivity index (χ0v) is 21.6. The van der Waals surface area contributed by atoms with Crippen molar-refractivity contribution in [3.8, 4) is 16.8 Å². The van der Waals surface area contributed by atoms with E-state index in [0.717, 1.165) is 0 Å². The number of aromatic nitrogens is 3. The molecule has 0 amide bonds. The molecule has 5 rings (SSSR count). The molecule has 3 aromatic carbocycles. The van der Waals surface area contributed by atoms with Crippen LogP contribution in [0.15, 0.2) is 94.7 Å². The number of sulfonamides is 1. The van der Waals surface area contributed by atoms with Gasteiger partial charge in [0.2, 0.25) is 21.7 Å². The van der Waals surface area contributed by atoms with Crippen LogP contribution < -0.4 is 21.7 Å². The summed E-state index contributed by atoms with van der Waals surface area (Å²) in [5.41, 5.74) is 8.01. The summed E-state index contributed by atoms with van der Waals surface area (Å²) >= 11 is 0. The fourth-order valence-corrected chi connectivity index (χ4v) is 5.04. The van der Waals surface area contributed by atoms with Gasteiger partial charge in [-0.25, -0.2) is 28.4 Å². The van der Waals surface area contributed by atoms with Gasteiger partial charge in [0.15, 0.2) is 0 Å². The lowest BCUT2D eigenvalue weighted by Crippen LogP contribution is -2.26. The highest BCUT2D eigenvalue weighted by atomic mass is 32.2. The number of nitrogen functional groups attached to an aromatic ring is 1. The molecular weight excluding hydrogens is 514 g/mol.